The molecule has 1 N–H and O–H groups in total. The molecule has 1 saturated heterocycles. The second-order valence-electron chi connectivity index (χ2n) is 4.58. The van der Waals surface area contributed by atoms with Gasteiger partial charge in [-0.1, -0.05) is 0 Å². The van der Waals surface area contributed by atoms with Crippen molar-refractivity contribution >= 4 is 5.82 Å². The van der Waals surface area contributed by atoms with Crippen LogP contribution >= 0.6 is 0 Å². The fourth-order valence-electron chi connectivity index (χ4n) is 2.58. The number of methoxy groups -OCH3 is 1. The van der Waals surface area contributed by atoms with Crippen LogP contribution in [0.25, 0.3) is 0 Å². The van der Waals surface area contributed by atoms with Crippen LogP contribution in [0.15, 0.2) is 0 Å². The van der Waals surface area contributed by atoms with Crippen LogP contribution in [0.5, 0.6) is 6.01 Å². The van der Waals surface area contributed by atoms with Gasteiger partial charge in [0.2, 0.25) is 0 Å². The predicted octanol–water partition coefficient (Wildman–Crippen LogP) is 0.731. The van der Waals surface area contributed by atoms with Gasteiger partial charge in [-0.25, -0.2) is 0 Å². The lowest BCUT2D eigenvalue weighted by molar-refractivity contribution is 0.376. The Morgan fingerprint density at radius 1 is 1.24 bits per heavy atom. The highest BCUT2D eigenvalue weighted by Gasteiger charge is 2.23. The molecule has 0 saturated carbocycles. The van der Waals surface area contributed by atoms with Gasteiger partial charge in [-0.05, 0) is 12.8 Å². The van der Waals surface area contributed by atoms with Crippen molar-refractivity contribution in [2.45, 2.75) is 25.8 Å². The number of hydrogen-bond acceptors (Lipinski definition) is 5. The van der Waals surface area contributed by atoms with Gasteiger partial charge in [-0.3, -0.25) is 0 Å². The summed E-state index contributed by atoms with van der Waals surface area (Å²) < 4.78 is 5.21. The molecule has 92 valence electrons. The molecule has 3 rings (SSSR count). The molecule has 1 aromatic rings. The van der Waals surface area contributed by atoms with E-state index in [1.165, 1.54) is 18.4 Å². The molecule has 0 amide bonds. The quantitative estimate of drug-likeness (QED) is 0.817. The number of rotatable bonds is 2. The molecule has 5 heteroatoms. The Balaban J connectivity index is 2.04. The van der Waals surface area contributed by atoms with E-state index in [1.54, 1.807) is 7.11 Å². The number of fused-ring (bicyclic) bond motifs is 1. The van der Waals surface area contributed by atoms with Crippen molar-refractivity contribution in [3.8, 4) is 6.01 Å². The molecule has 3 heterocycles. The zero-order chi connectivity index (χ0) is 11.7. The maximum Gasteiger partial charge on any atom is 0.318 e. The van der Waals surface area contributed by atoms with Gasteiger partial charge in [0.15, 0.2) is 0 Å². The molecule has 0 atom stereocenters. The molecule has 17 heavy (non-hydrogen) atoms. The van der Waals surface area contributed by atoms with E-state index in [9.17, 15) is 0 Å². The number of nitrogens with zero attached hydrogens (tertiary/aromatic N) is 3. The maximum absolute atomic E-state index is 5.21. The lowest BCUT2D eigenvalue weighted by Gasteiger charge is -2.25. The minimum Gasteiger partial charge on any atom is -0.467 e. The molecular formula is C12H18N4O. The monoisotopic (exact) mass is 234 g/mol. The molecule has 2 aliphatic rings. The molecule has 0 radical (unpaired) electrons. The van der Waals surface area contributed by atoms with Crippen LogP contribution in [0.2, 0.25) is 0 Å². The topological polar surface area (TPSA) is 50.3 Å². The summed E-state index contributed by atoms with van der Waals surface area (Å²) in [5.74, 6) is 1.08. The fourth-order valence-corrected chi connectivity index (χ4v) is 2.58. The van der Waals surface area contributed by atoms with Crippen molar-refractivity contribution in [3.05, 3.63) is 11.3 Å². The van der Waals surface area contributed by atoms with E-state index >= 15 is 0 Å². The molecule has 0 spiro atoms. The second kappa shape index (κ2) is 4.49. The maximum atomic E-state index is 5.21. The van der Waals surface area contributed by atoms with Crippen LogP contribution in [-0.4, -0.2) is 36.7 Å². The van der Waals surface area contributed by atoms with Gasteiger partial charge < -0.3 is 15.0 Å². The standard InChI is InChI=1S/C12H18N4O/c1-17-12-14-10-4-5-13-8-9(10)11(15-12)16-6-2-3-7-16/h13H,2-8H2,1H3. The largest absolute Gasteiger partial charge is 0.467 e. The Hall–Kier alpha value is -1.36. The Kier molecular flexibility index (Phi) is 2.84. The number of ether oxygens (including phenoxy) is 1. The second-order valence-corrected chi connectivity index (χ2v) is 4.58. The molecule has 0 unspecified atom stereocenters. The SMILES string of the molecule is COc1nc2c(c(N3CCCC3)n1)CNCC2. The van der Waals surface area contributed by atoms with Crippen LogP contribution in [0.4, 0.5) is 5.82 Å². The molecule has 1 aromatic heterocycles. The first-order chi connectivity index (χ1) is 8.38. The zero-order valence-electron chi connectivity index (χ0n) is 10.2. The normalized spacial score (nSPS) is 19.2. The van der Waals surface area contributed by atoms with Crippen molar-refractivity contribution in [1.82, 2.24) is 15.3 Å². The minimum absolute atomic E-state index is 0.507. The molecule has 2 aliphatic heterocycles. The average Bonchev–Trinajstić information content (AvgIpc) is 2.91. The fraction of sp³-hybridized carbons (Fsp3) is 0.667. The van der Waals surface area contributed by atoms with Gasteiger partial charge in [0, 0.05) is 38.2 Å². The minimum atomic E-state index is 0.507. The van der Waals surface area contributed by atoms with E-state index in [-0.39, 0.29) is 0 Å². The van der Waals surface area contributed by atoms with Crippen molar-refractivity contribution < 1.29 is 4.74 Å². The molecule has 1 fully saturated rings. The van der Waals surface area contributed by atoms with Gasteiger partial charge >= 0.3 is 6.01 Å². The Labute approximate surface area is 101 Å². The van der Waals surface area contributed by atoms with E-state index in [2.05, 4.69) is 20.2 Å². The third-order valence-electron chi connectivity index (χ3n) is 3.48. The third-order valence-corrected chi connectivity index (χ3v) is 3.48. The van der Waals surface area contributed by atoms with Crippen LogP contribution in [0, 0.1) is 0 Å². The third kappa shape index (κ3) is 1.95. The number of hydrogen-bond donors (Lipinski definition) is 1. The predicted molar refractivity (Wildman–Crippen MR) is 65.4 cm³/mol. The highest BCUT2D eigenvalue weighted by molar-refractivity contribution is 5.51. The zero-order valence-corrected chi connectivity index (χ0v) is 10.2. The van der Waals surface area contributed by atoms with Crippen molar-refractivity contribution in [2.75, 3.05) is 31.6 Å². The molecule has 0 aliphatic carbocycles. The summed E-state index contributed by atoms with van der Waals surface area (Å²) in [7, 11) is 1.64. The smallest absolute Gasteiger partial charge is 0.318 e. The van der Waals surface area contributed by atoms with E-state index in [1.807, 2.05) is 0 Å². The first-order valence-corrected chi connectivity index (χ1v) is 6.28. The van der Waals surface area contributed by atoms with Crippen LogP contribution < -0.4 is 15.0 Å². The summed E-state index contributed by atoms with van der Waals surface area (Å²) in [6.45, 7) is 4.08. The summed E-state index contributed by atoms with van der Waals surface area (Å²) in [5, 5.41) is 3.39. The Bertz CT molecular complexity index is 415. The van der Waals surface area contributed by atoms with Gasteiger partial charge in [-0.2, -0.15) is 9.97 Å². The van der Waals surface area contributed by atoms with Gasteiger partial charge in [0.05, 0.1) is 12.8 Å². The summed E-state index contributed by atoms with van der Waals surface area (Å²) in [5.41, 5.74) is 2.41. The molecule has 0 bridgehead atoms. The summed E-state index contributed by atoms with van der Waals surface area (Å²) >= 11 is 0. The molecule has 5 nitrogen and oxygen atoms in total. The highest BCUT2D eigenvalue weighted by Crippen LogP contribution is 2.28. The first kappa shape index (κ1) is 10.8. The lowest BCUT2D eigenvalue weighted by Crippen LogP contribution is -2.29. The first-order valence-electron chi connectivity index (χ1n) is 6.28. The molecule has 0 aromatic carbocycles. The van der Waals surface area contributed by atoms with Crippen molar-refractivity contribution in [3.63, 3.8) is 0 Å². The lowest BCUT2D eigenvalue weighted by atomic mass is 10.1. The Morgan fingerprint density at radius 3 is 2.82 bits per heavy atom. The summed E-state index contributed by atoms with van der Waals surface area (Å²) in [6.07, 6.45) is 3.48. The van der Waals surface area contributed by atoms with Gasteiger partial charge in [0.25, 0.3) is 0 Å². The number of nitrogens with one attached hydrogen (secondary N) is 1. The summed E-state index contributed by atoms with van der Waals surface area (Å²) in [4.78, 5) is 11.4. The average molecular weight is 234 g/mol. The van der Waals surface area contributed by atoms with E-state index in [0.29, 0.717) is 6.01 Å². The van der Waals surface area contributed by atoms with E-state index in [4.69, 9.17) is 4.74 Å². The van der Waals surface area contributed by atoms with Gasteiger partial charge in [0.1, 0.15) is 5.82 Å². The van der Waals surface area contributed by atoms with E-state index in [0.717, 1.165) is 44.1 Å². The Morgan fingerprint density at radius 2 is 2.06 bits per heavy atom. The van der Waals surface area contributed by atoms with Crippen molar-refractivity contribution in [2.24, 2.45) is 0 Å². The van der Waals surface area contributed by atoms with Crippen molar-refractivity contribution in [1.29, 1.82) is 0 Å². The van der Waals surface area contributed by atoms with Crippen LogP contribution in [0.3, 0.4) is 0 Å². The number of anilines is 1. The highest BCUT2D eigenvalue weighted by atomic mass is 16.5. The summed E-state index contributed by atoms with van der Waals surface area (Å²) in [6, 6.07) is 0.507. The number of aromatic nitrogens is 2. The van der Waals surface area contributed by atoms with Crippen LogP contribution in [0.1, 0.15) is 24.1 Å². The molecular weight excluding hydrogens is 216 g/mol. The van der Waals surface area contributed by atoms with Gasteiger partial charge in [-0.15, -0.1) is 0 Å². The van der Waals surface area contributed by atoms with E-state index < -0.39 is 0 Å². The van der Waals surface area contributed by atoms with Crippen LogP contribution in [-0.2, 0) is 13.0 Å².